The van der Waals surface area contributed by atoms with Crippen molar-refractivity contribution < 1.29 is 28.8 Å². The number of benzene rings is 1. The number of hydrogen-bond acceptors (Lipinski definition) is 10. The molecular weight excluding hydrogens is 468 g/mol. The molecule has 1 aromatic rings. The maximum Gasteiger partial charge on any atom is 0.327 e. The van der Waals surface area contributed by atoms with E-state index in [1.54, 1.807) is 26.1 Å². The van der Waals surface area contributed by atoms with Gasteiger partial charge in [-0.05, 0) is 24.6 Å². The predicted octanol–water partition coefficient (Wildman–Crippen LogP) is -0.00910. The molecule has 2 saturated heterocycles. The van der Waals surface area contributed by atoms with Gasteiger partial charge in [-0.15, -0.1) is 11.8 Å². The van der Waals surface area contributed by atoms with E-state index in [2.05, 4.69) is 16.0 Å². The van der Waals surface area contributed by atoms with E-state index >= 15 is 0 Å². The maximum atomic E-state index is 13.0. The van der Waals surface area contributed by atoms with Crippen molar-refractivity contribution >= 4 is 41.3 Å². The average Bonchev–Trinajstić information content (AvgIpc) is 2.83. The largest absolute Gasteiger partial charge is 0.465 e. The van der Waals surface area contributed by atoms with Gasteiger partial charge in [0.05, 0.1) is 40.9 Å². The quantitative estimate of drug-likeness (QED) is 0.254. The van der Waals surface area contributed by atoms with Gasteiger partial charge in [-0.1, -0.05) is 0 Å². The summed E-state index contributed by atoms with van der Waals surface area (Å²) in [4.78, 5) is 62.1. The van der Waals surface area contributed by atoms with Gasteiger partial charge >= 0.3 is 12.0 Å². The van der Waals surface area contributed by atoms with Crippen LogP contribution in [0.15, 0.2) is 24.3 Å². The topological polar surface area (TPSA) is 163 Å². The van der Waals surface area contributed by atoms with Gasteiger partial charge < -0.3 is 15.0 Å². The Hall–Kier alpha value is -3.23. The van der Waals surface area contributed by atoms with E-state index in [9.17, 15) is 29.3 Å². The fraction of sp³-hybridized carbons (Fsp3) is 0.500. The highest BCUT2D eigenvalue weighted by molar-refractivity contribution is 8.00. The molecule has 0 radical (unpaired) electrons. The van der Waals surface area contributed by atoms with Crippen LogP contribution in [0.25, 0.3) is 0 Å². The number of nitro groups is 1. The second-order valence-corrected chi connectivity index (χ2v) is 8.82. The highest BCUT2D eigenvalue weighted by Gasteiger charge is 2.51. The smallest absolute Gasteiger partial charge is 0.327 e. The Morgan fingerprint density at radius 2 is 1.88 bits per heavy atom. The predicted molar refractivity (Wildman–Crippen MR) is 121 cm³/mol. The van der Waals surface area contributed by atoms with Crippen LogP contribution in [-0.2, 0) is 19.1 Å². The van der Waals surface area contributed by atoms with E-state index in [4.69, 9.17) is 4.74 Å². The highest BCUT2D eigenvalue weighted by Crippen LogP contribution is 2.34. The number of hydrogen-bond donors (Lipinski definition) is 3. The molecule has 0 spiro atoms. The van der Waals surface area contributed by atoms with Gasteiger partial charge in [-0.2, -0.15) is 0 Å². The van der Waals surface area contributed by atoms with Crippen LogP contribution >= 0.6 is 11.8 Å². The molecule has 3 N–H and O–H groups in total. The number of nitrogens with one attached hydrogen (secondary N) is 3. The summed E-state index contributed by atoms with van der Waals surface area (Å²) in [6.45, 7) is 1.61. The number of urea groups is 1. The molecular formula is C20H26N6O7S. The number of imide groups is 1. The number of rotatable bonds is 8. The van der Waals surface area contributed by atoms with Crippen molar-refractivity contribution in [1.29, 1.82) is 0 Å². The molecule has 0 aliphatic carbocycles. The fourth-order valence-corrected chi connectivity index (χ4v) is 4.92. The molecule has 13 nitrogen and oxygen atoms in total. The third-order valence-electron chi connectivity index (χ3n) is 5.52. The molecule has 2 aliphatic rings. The summed E-state index contributed by atoms with van der Waals surface area (Å²) in [6, 6.07) is 5.42. The Labute approximate surface area is 199 Å². The molecule has 0 bridgehead atoms. The van der Waals surface area contributed by atoms with Crippen LogP contribution in [-0.4, -0.2) is 83.1 Å². The highest BCUT2D eigenvalue weighted by atomic mass is 32.2. The van der Waals surface area contributed by atoms with E-state index in [1.165, 1.54) is 24.1 Å². The zero-order chi connectivity index (χ0) is 25.0. The number of nitrogens with zero attached hydrogens (tertiary/aromatic N) is 3. The average molecular weight is 495 g/mol. The SMILES string of the molecule is CCOC(=O)CNC(=O)CSC1NC(c2ccc([N+](=O)[O-])cc2)NC2C1C(=O)N(C)C(=O)N2C. The number of non-ortho nitro benzene ring substituents is 1. The van der Waals surface area contributed by atoms with E-state index in [-0.39, 0.29) is 24.6 Å². The molecule has 184 valence electrons. The first-order chi connectivity index (χ1) is 16.1. The van der Waals surface area contributed by atoms with Crippen LogP contribution in [0.1, 0.15) is 18.7 Å². The summed E-state index contributed by atoms with van der Waals surface area (Å²) in [6.07, 6.45) is -1.22. The molecule has 0 saturated carbocycles. The van der Waals surface area contributed by atoms with Crippen LogP contribution in [0.2, 0.25) is 0 Å². The first kappa shape index (κ1) is 25.4. The van der Waals surface area contributed by atoms with Crippen molar-refractivity contribution in [2.75, 3.05) is 33.0 Å². The number of carbonyl (C=O) groups is 4. The number of amides is 4. The number of thioether (sulfide) groups is 1. The lowest BCUT2D eigenvalue weighted by molar-refractivity contribution is -0.384. The van der Waals surface area contributed by atoms with Crippen molar-refractivity contribution in [3.8, 4) is 0 Å². The van der Waals surface area contributed by atoms with Gasteiger partial charge in [-0.3, -0.25) is 40.0 Å². The lowest BCUT2D eigenvalue weighted by Crippen LogP contribution is -2.72. The zero-order valence-corrected chi connectivity index (χ0v) is 19.7. The fourth-order valence-electron chi connectivity index (χ4n) is 3.78. The molecule has 2 aliphatic heterocycles. The summed E-state index contributed by atoms with van der Waals surface area (Å²) < 4.78 is 4.78. The Kier molecular flexibility index (Phi) is 8.06. The van der Waals surface area contributed by atoms with E-state index < -0.39 is 52.4 Å². The van der Waals surface area contributed by atoms with Crippen LogP contribution in [0.4, 0.5) is 10.5 Å². The van der Waals surface area contributed by atoms with Crippen molar-refractivity contribution in [3.63, 3.8) is 0 Å². The van der Waals surface area contributed by atoms with Crippen molar-refractivity contribution in [2.24, 2.45) is 5.92 Å². The van der Waals surface area contributed by atoms with Crippen LogP contribution in [0, 0.1) is 16.0 Å². The van der Waals surface area contributed by atoms with Crippen molar-refractivity contribution in [1.82, 2.24) is 25.8 Å². The minimum absolute atomic E-state index is 0.0536. The van der Waals surface area contributed by atoms with E-state index in [1.807, 2.05) is 0 Å². The first-order valence-corrected chi connectivity index (χ1v) is 11.5. The second-order valence-electron chi connectivity index (χ2n) is 7.69. The zero-order valence-electron chi connectivity index (χ0n) is 18.8. The third-order valence-corrected chi connectivity index (χ3v) is 6.74. The van der Waals surface area contributed by atoms with Gasteiger partial charge in [0, 0.05) is 26.2 Å². The molecule has 1 aromatic carbocycles. The van der Waals surface area contributed by atoms with E-state index in [0.717, 1.165) is 16.7 Å². The maximum absolute atomic E-state index is 13.0. The summed E-state index contributed by atoms with van der Waals surface area (Å²) >= 11 is 1.16. The van der Waals surface area contributed by atoms with Gasteiger partial charge in [0.15, 0.2) is 0 Å². The summed E-state index contributed by atoms with van der Waals surface area (Å²) in [5.74, 6) is -2.13. The van der Waals surface area contributed by atoms with Gasteiger partial charge in [0.25, 0.3) is 5.69 Å². The van der Waals surface area contributed by atoms with Gasteiger partial charge in [0.2, 0.25) is 11.8 Å². The van der Waals surface area contributed by atoms with Crippen molar-refractivity contribution in [3.05, 3.63) is 39.9 Å². The molecule has 4 atom stereocenters. The number of fused-ring (bicyclic) bond motifs is 1. The molecule has 2 heterocycles. The van der Waals surface area contributed by atoms with Crippen LogP contribution in [0.5, 0.6) is 0 Å². The summed E-state index contributed by atoms with van der Waals surface area (Å²) in [7, 11) is 2.97. The normalized spacial score (nSPS) is 24.4. The number of carbonyl (C=O) groups excluding carboxylic acids is 4. The van der Waals surface area contributed by atoms with Gasteiger partial charge in [0.1, 0.15) is 6.54 Å². The van der Waals surface area contributed by atoms with Crippen molar-refractivity contribution in [2.45, 2.75) is 24.6 Å². The first-order valence-electron chi connectivity index (χ1n) is 10.5. The van der Waals surface area contributed by atoms with E-state index in [0.29, 0.717) is 5.56 Å². The molecule has 4 unspecified atom stereocenters. The van der Waals surface area contributed by atoms with Crippen LogP contribution < -0.4 is 16.0 Å². The standard InChI is InChI=1S/C20H26N6O7S/c1-4-33-14(28)9-21-13(27)10-34-18-15-17(24(2)20(30)25(3)19(15)29)22-16(23-18)11-5-7-12(8-6-11)26(31)32/h5-8,15-18,22-23H,4,9-10H2,1-3H3,(H,21,27). The Morgan fingerprint density at radius 3 is 2.50 bits per heavy atom. The summed E-state index contributed by atoms with van der Waals surface area (Å²) in [5.41, 5.74) is 0.594. The molecule has 14 heteroatoms. The Bertz CT molecular complexity index is 975. The molecule has 3 rings (SSSR count). The minimum Gasteiger partial charge on any atom is -0.465 e. The monoisotopic (exact) mass is 494 g/mol. The Morgan fingerprint density at radius 1 is 1.21 bits per heavy atom. The van der Waals surface area contributed by atoms with Gasteiger partial charge in [-0.25, -0.2) is 4.79 Å². The number of esters is 1. The molecule has 4 amide bonds. The number of nitro benzene ring substituents is 1. The summed E-state index contributed by atoms with van der Waals surface area (Å²) in [5, 5.41) is 19.4. The van der Waals surface area contributed by atoms with Crippen LogP contribution in [0.3, 0.4) is 0 Å². The lowest BCUT2D eigenvalue weighted by atomic mass is 9.96. The molecule has 0 aromatic heterocycles. The second kappa shape index (κ2) is 10.8. The molecule has 2 fully saturated rings. The minimum atomic E-state index is -0.704. The number of ether oxygens (including phenoxy) is 1. The third kappa shape index (κ3) is 5.46. The molecule has 34 heavy (non-hydrogen) atoms. The lowest BCUT2D eigenvalue weighted by Gasteiger charge is -2.50. The Balaban J connectivity index is 1.77.